The quantitative estimate of drug-likeness (QED) is 0.280. The van der Waals surface area contributed by atoms with Crippen LogP contribution < -0.4 is 9.47 Å². The zero-order chi connectivity index (χ0) is 22.7. The van der Waals surface area contributed by atoms with Crippen molar-refractivity contribution in [2.24, 2.45) is 0 Å². The van der Waals surface area contributed by atoms with Gasteiger partial charge in [0.15, 0.2) is 0 Å². The van der Waals surface area contributed by atoms with E-state index in [0.29, 0.717) is 33.0 Å². The van der Waals surface area contributed by atoms with Gasteiger partial charge < -0.3 is 9.47 Å². The number of non-ortho nitro benzene ring substituents is 2. The number of ether oxygens (including phenoxy) is 2. The average Bonchev–Trinajstić information content (AvgIpc) is 2.83. The van der Waals surface area contributed by atoms with Crippen LogP contribution in [0.2, 0.25) is 0 Å². The zero-order valence-electron chi connectivity index (χ0n) is 16.9. The predicted molar refractivity (Wildman–Crippen MR) is 123 cm³/mol. The van der Waals surface area contributed by atoms with Crippen molar-refractivity contribution in [3.63, 3.8) is 0 Å². The lowest BCUT2D eigenvalue weighted by Gasteiger charge is -2.36. The summed E-state index contributed by atoms with van der Waals surface area (Å²) in [5.74, 6) is -0.353. The molecule has 0 aliphatic carbocycles. The fourth-order valence-electron chi connectivity index (χ4n) is 4.41. The third kappa shape index (κ3) is 2.77. The molecule has 0 fully saturated rings. The Morgan fingerprint density at radius 3 is 1.48 bits per heavy atom. The maximum atomic E-state index is 11.5. The molecule has 0 amide bonds. The van der Waals surface area contributed by atoms with Gasteiger partial charge in [-0.25, -0.2) is 0 Å². The molecule has 0 radical (unpaired) electrons. The second-order valence-electron chi connectivity index (χ2n) is 7.82. The van der Waals surface area contributed by atoms with Gasteiger partial charge >= 0.3 is 0 Å². The van der Waals surface area contributed by atoms with Crippen molar-refractivity contribution in [3.8, 4) is 11.5 Å². The highest BCUT2D eigenvalue weighted by Gasteiger charge is 2.37. The van der Waals surface area contributed by atoms with E-state index >= 15 is 0 Å². The van der Waals surface area contributed by atoms with Crippen LogP contribution in [0.4, 0.5) is 11.4 Å². The maximum absolute atomic E-state index is 11.5. The van der Waals surface area contributed by atoms with Gasteiger partial charge in [-0.1, -0.05) is 36.4 Å². The van der Waals surface area contributed by atoms with Gasteiger partial charge in [-0.15, -0.1) is 0 Å². The summed E-state index contributed by atoms with van der Waals surface area (Å²) in [6.07, 6.45) is 7.21. The Kier molecular flexibility index (Phi) is 3.82. The van der Waals surface area contributed by atoms with E-state index in [4.69, 9.17) is 9.47 Å². The predicted octanol–water partition coefficient (Wildman–Crippen LogP) is 6.02. The molecule has 4 aromatic carbocycles. The summed E-state index contributed by atoms with van der Waals surface area (Å²) in [6.45, 7) is 0. The fraction of sp³-hybridized carbons (Fsp3) is 0.0400. The number of fused-ring (bicyclic) bond motifs is 6. The van der Waals surface area contributed by atoms with Crippen molar-refractivity contribution >= 4 is 45.1 Å². The summed E-state index contributed by atoms with van der Waals surface area (Å²) in [6, 6.07) is 16.6. The van der Waals surface area contributed by atoms with Crippen LogP contribution in [0.3, 0.4) is 0 Å². The highest BCUT2D eigenvalue weighted by molar-refractivity contribution is 5.99. The van der Waals surface area contributed by atoms with Crippen molar-refractivity contribution in [2.45, 2.75) is 5.79 Å². The van der Waals surface area contributed by atoms with Crippen molar-refractivity contribution < 1.29 is 19.3 Å². The molecule has 6 rings (SSSR count). The van der Waals surface area contributed by atoms with Gasteiger partial charge in [0.1, 0.15) is 11.5 Å². The minimum absolute atomic E-state index is 0.00810. The molecular formula is C25H14N2O6. The van der Waals surface area contributed by atoms with E-state index in [2.05, 4.69) is 0 Å². The van der Waals surface area contributed by atoms with Gasteiger partial charge in [0, 0.05) is 46.2 Å². The average molecular weight is 438 g/mol. The van der Waals surface area contributed by atoms with E-state index in [1.807, 2.05) is 12.2 Å². The lowest BCUT2D eigenvalue weighted by molar-refractivity contribution is -0.383. The summed E-state index contributed by atoms with van der Waals surface area (Å²) < 4.78 is 12.7. The minimum Gasteiger partial charge on any atom is -0.444 e. The summed E-state index contributed by atoms with van der Waals surface area (Å²) in [7, 11) is 0. The van der Waals surface area contributed by atoms with Crippen LogP contribution >= 0.6 is 0 Å². The second-order valence-corrected chi connectivity index (χ2v) is 7.82. The molecular weight excluding hydrogens is 424 g/mol. The number of hydrogen-bond acceptors (Lipinski definition) is 6. The number of nitrogens with zero attached hydrogens (tertiary/aromatic N) is 2. The Balaban J connectivity index is 1.50. The number of nitro groups is 2. The molecule has 33 heavy (non-hydrogen) atoms. The van der Waals surface area contributed by atoms with Crippen LogP contribution in [0.15, 0.2) is 72.8 Å². The smallest absolute Gasteiger partial charge is 0.291 e. The number of hydrogen-bond donors (Lipinski definition) is 0. The first-order chi connectivity index (χ1) is 16.0. The Bertz CT molecular complexity index is 1470. The molecule has 0 saturated heterocycles. The largest absolute Gasteiger partial charge is 0.444 e. The molecule has 8 heteroatoms. The van der Waals surface area contributed by atoms with Crippen molar-refractivity contribution in [1.82, 2.24) is 0 Å². The Hall–Kier alpha value is -4.72. The number of benzene rings is 4. The second kappa shape index (κ2) is 6.64. The summed E-state index contributed by atoms with van der Waals surface area (Å²) >= 11 is 0. The molecule has 0 bridgehead atoms. The highest BCUT2D eigenvalue weighted by atomic mass is 16.7. The van der Waals surface area contributed by atoms with Crippen molar-refractivity contribution in [2.75, 3.05) is 0 Å². The van der Waals surface area contributed by atoms with E-state index < -0.39 is 15.6 Å². The third-order valence-corrected chi connectivity index (χ3v) is 5.95. The van der Waals surface area contributed by atoms with Crippen LogP contribution in [0.5, 0.6) is 11.5 Å². The van der Waals surface area contributed by atoms with E-state index in [9.17, 15) is 20.2 Å². The lowest BCUT2D eigenvalue weighted by Crippen LogP contribution is -2.41. The summed E-state index contributed by atoms with van der Waals surface area (Å²) in [5.41, 5.74) is 1.52. The molecule has 0 atom stereocenters. The van der Waals surface area contributed by atoms with E-state index in [1.165, 1.54) is 12.1 Å². The summed E-state index contributed by atoms with van der Waals surface area (Å²) in [5, 5.41) is 25.1. The molecule has 2 aliphatic heterocycles. The van der Waals surface area contributed by atoms with Crippen LogP contribution in [0, 0.1) is 20.2 Å². The Morgan fingerprint density at radius 1 is 0.606 bits per heavy atom. The van der Waals surface area contributed by atoms with Crippen molar-refractivity contribution in [3.05, 3.63) is 104 Å². The molecule has 160 valence electrons. The summed E-state index contributed by atoms with van der Waals surface area (Å²) in [4.78, 5) is 22.1. The van der Waals surface area contributed by atoms with Crippen LogP contribution in [0.1, 0.15) is 11.1 Å². The van der Waals surface area contributed by atoms with E-state index in [-0.39, 0.29) is 11.4 Å². The normalized spacial score (nSPS) is 15.0. The first kappa shape index (κ1) is 19.0. The zero-order valence-corrected chi connectivity index (χ0v) is 16.9. The molecule has 0 saturated carbocycles. The molecule has 8 nitrogen and oxygen atoms in total. The molecule has 2 aliphatic rings. The molecule has 0 aromatic heterocycles. The van der Waals surface area contributed by atoms with E-state index in [0.717, 1.165) is 11.1 Å². The highest BCUT2D eigenvalue weighted by Crippen LogP contribution is 2.45. The topological polar surface area (TPSA) is 105 Å². The molecule has 2 heterocycles. The molecule has 0 N–H and O–H groups in total. The van der Waals surface area contributed by atoms with E-state index in [1.54, 1.807) is 60.7 Å². The van der Waals surface area contributed by atoms with Crippen LogP contribution in [-0.2, 0) is 0 Å². The minimum atomic E-state index is -1.29. The van der Waals surface area contributed by atoms with Crippen LogP contribution in [0.25, 0.3) is 33.7 Å². The first-order valence-electron chi connectivity index (χ1n) is 10.1. The molecule has 0 unspecified atom stereocenters. The van der Waals surface area contributed by atoms with Gasteiger partial charge in [0.2, 0.25) is 0 Å². The van der Waals surface area contributed by atoms with Gasteiger partial charge in [0.25, 0.3) is 17.2 Å². The first-order valence-corrected chi connectivity index (χ1v) is 10.1. The third-order valence-electron chi connectivity index (χ3n) is 5.95. The maximum Gasteiger partial charge on any atom is 0.291 e. The Morgan fingerprint density at radius 2 is 1.06 bits per heavy atom. The standard InChI is InChI=1S/C25H14N2O6/c28-26(29)21-5-1-3-19-17(21)9-7-15-11-13-25(32-23(15)19)14-12-16-8-10-18-20(24(16)33-25)4-2-6-22(18)27(30)31/h1-14H. The van der Waals surface area contributed by atoms with Gasteiger partial charge in [-0.3, -0.25) is 20.2 Å². The SMILES string of the molecule is O=[N+]([O-])c1cccc2c3c(ccc12)C=CC1(C=Cc2ccc4c([N+](=O)[O-])cccc4c2O1)O3. The van der Waals surface area contributed by atoms with Crippen molar-refractivity contribution in [1.29, 1.82) is 0 Å². The van der Waals surface area contributed by atoms with Gasteiger partial charge in [0.05, 0.1) is 20.6 Å². The van der Waals surface area contributed by atoms with Gasteiger partial charge in [-0.2, -0.15) is 0 Å². The molecule has 4 aromatic rings. The lowest BCUT2D eigenvalue weighted by atomic mass is 9.97. The number of nitro benzene ring substituents is 2. The monoisotopic (exact) mass is 438 g/mol. The van der Waals surface area contributed by atoms with Crippen LogP contribution in [-0.4, -0.2) is 15.6 Å². The van der Waals surface area contributed by atoms with Gasteiger partial charge in [-0.05, 0) is 24.3 Å². The molecule has 1 spiro atoms. The Labute approximate surface area is 186 Å². The number of rotatable bonds is 2. The fourth-order valence-corrected chi connectivity index (χ4v) is 4.41.